The molecule has 0 bridgehead atoms. The van der Waals surface area contributed by atoms with Gasteiger partial charge in [0.25, 0.3) is 5.97 Å². The van der Waals surface area contributed by atoms with Gasteiger partial charge < -0.3 is 10.5 Å². The Hall–Kier alpha value is -1.70. The lowest BCUT2D eigenvalue weighted by molar-refractivity contribution is -0.134. The number of nitrogens with one attached hydrogen (secondary N) is 1. The first-order valence-corrected chi connectivity index (χ1v) is 4.31. The van der Waals surface area contributed by atoms with Crippen LogP contribution < -0.4 is 11.3 Å². The molecule has 0 fully saturated rings. The molecule has 0 saturated heterocycles. The summed E-state index contributed by atoms with van der Waals surface area (Å²) in [6.07, 6.45) is 5.16. The van der Waals surface area contributed by atoms with E-state index in [9.17, 15) is 0 Å². The number of anilines is 1. The van der Waals surface area contributed by atoms with Crippen molar-refractivity contribution in [3.05, 3.63) is 28.8 Å². The van der Waals surface area contributed by atoms with E-state index in [2.05, 4.69) is 11.3 Å². The first kappa shape index (κ1) is 13.3. The zero-order valence-electron chi connectivity index (χ0n) is 8.12. The fraction of sp³-hybridized carbons (Fsp3) is 0.100. The first-order chi connectivity index (χ1) is 7.01. The van der Waals surface area contributed by atoms with Crippen LogP contribution in [0.5, 0.6) is 0 Å². The summed E-state index contributed by atoms with van der Waals surface area (Å²) in [4.78, 5) is 9.00. The van der Waals surface area contributed by atoms with Gasteiger partial charge >= 0.3 is 0 Å². The van der Waals surface area contributed by atoms with Gasteiger partial charge in [-0.1, -0.05) is 17.5 Å². The summed E-state index contributed by atoms with van der Waals surface area (Å²) in [6.45, 7) is 1.08. The summed E-state index contributed by atoms with van der Waals surface area (Å²) >= 11 is 5.74. The maximum Gasteiger partial charge on any atom is 0.300 e. The van der Waals surface area contributed by atoms with Crippen LogP contribution in [0.2, 0.25) is 5.02 Å². The molecule has 4 N–H and O–H groups in total. The molecule has 0 amide bonds. The Morgan fingerprint density at radius 1 is 1.67 bits per heavy atom. The van der Waals surface area contributed by atoms with Gasteiger partial charge in [0.05, 0.1) is 10.7 Å². The van der Waals surface area contributed by atoms with Crippen LogP contribution in [0, 0.1) is 12.3 Å². The van der Waals surface area contributed by atoms with Crippen LogP contribution in [0.15, 0.2) is 18.2 Å². The van der Waals surface area contributed by atoms with E-state index < -0.39 is 5.97 Å². The predicted molar refractivity (Wildman–Crippen MR) is 60.5 cm³/mol. The number of hydrazine groups is 1. The molecule has 0 aliphatic rings. The first-order valence-electron chi connectivity index (χ1n) is 3.93. The third-order valence-electron chi connectivity index (χ3n) is 1.29. The molecule has 0 aromatic heterocycles. The average molecular weight is 227 g/mol. The topological polar surface area (TPSA) is 75.3 Å². The second kappa shape index (κ2) is 6.71. The molecule has 0 heterocycles. The molecule has 4 nitrogen and oxygen atoms in total. The number of terminal acetylenes is 1. The van der Waals surface area contributed by atoms with Crippen molar-refractivity contribution in [1.82, 2.24) is 0 Å². The smallest absolute Gasteiger partial charge is 0.300 e. The van der Waals surface area contributed by atoms with Gasteiger partial charge in [0, 0.05) is 12.5 Å². The van der Waals surface area contributed by atoms with E-state index in [1.807, 2.05) is 0 Å². The van der Waals surface area contributed by atoms with Crippen molar-refractivity contribution >= 4 is 23.3 Å². The number of nitrogen functional groups attached to an aromatic ring is 1. The van der Waals surface area contributed by atoms with Crippen molar-refractivity contribution in [2.45, 2.75) is 6.92 Å². The monoisotopic (exact) mass is 226 g/mol. The van der Waals surface area contributed by atoms with Gasteiger partial charge in [0.1, 0.15) is 0 Å². The number of hydrogen-bond donors (Lipinski definition) is 3. The van der Waals surface area contributed by atoms with Crippen LogP contribution in [0.25, 0.3) is 0 Å². The Labute approximate surface area is 93.0 Å². The van der Waals surface area contributed by atoms with Crippen molar-refractivity contribution in [1.29, 1.82) is 0 Å². The summed E-state index contributed by atoms with van der Waals surface area (Å²) in [5, 5.41) is 7.98. The largest absolute Gasteiger partial charge is 0.481 e. The zero-order chi connectivity index (χ0) is 11.8. The number of nitrogens with two attached hydrogens (primary N) is 1. The number of rotatable bonds is 1. The van der Waals surface area contributed by atoms with E-state index in [1.54, 1.807) is 18.2 Å². The highest BCUT2D eigenvalue weighted by Gasteiger charge is 1.97. The van der Waals surface area contributed by atoms with Gasteiger partial charge in [-0.25, -0.2) is 0 Å². The van der Waals surface area contributed by atoms with Crippen LogP contribution in [0.3, 0.4) is 0 Å². The van der Waals surface area contributed by atoms with Gasteiger partial charge in [-0.15, -0.1) is 6.42 Å². The summed E-state index contributed by atoms with van der Waals surface area (Å²) < 4.78 is 0. The number of halogens is 1. The van der Waals surface area contributed by atoms with Gasteiger partial charge in [-0.2, -0.15) is 0 Å². The molecule has 0 aliphatic carbocycles. The Morgan fingerprint density at radius 3 is 2.60 bits per heavy atom. The van der Waals surface area contributed by atoms with Crippen LogP contribution >= 0.6 is 11.6 Å². The molecule has 0 atom stereocenters. The van der Waals surface area contributed by atoms with Crippen LogP contribution in [0.4, 0.5) is 5.69 Å². The lowest BCUT2D eigenvalue weighted by Crippen LogP contribution is -2.07. The highest BCUT2D eigenvalue weighted by atomic mass is 35.5. The summed E-state index contributed by atoms with van der Waals surface area (Å²) in [5.41, 5.74) is 3.84. The van der Waals surface area contributed by atoms with Crippen molar-refractivity contribution in [2.75, 3.05) is 5.43 Å². The molecule has 1 rings (SSSR count). The van der Waals surface area contributed by atoms with Gasteiger partial charge in [0.15, 0.2) is 0 Å². The highest BCUT2D eigenvalue weighted by molar-refractivity contribution is 6.33. The van der Waals surface area contributed by atoms with Crippen molar-refractivity contribution < 1.29 is 9.90 Å². The van der Waals surface area contributed by atoms with Crippen LogP contribution in [-0.4, -0.2) is 11.1 Å². The molecular formula is C10H11ClN2O2. The molecule has 5 heteroatoms. The van der Waals surface area contributed by atoms with Gasteiger partial charge in [-0.05, 0) is 18.2 Å². The molecule has 0 saturated carbocycles. The fourth-order valence-corrected chi connectivity index (χ4v) is 0.898. The van der Waals surface area contributed by atoms with E-state index in [-0.39, 0.29) is 0 Å². The summed E-state index contributed by atoms with van der Waals surface area (Å²) in [6, 6.07) is 5.16. The van der Waals surface area contributed by atoms with Crippen molar-refractivity contribution in [3.63, 3.8) is 0 Å². The minimum absolute atomic E-state index is 0.562. The van der Waals surface area contributed by atoms with E-state index in [4.69, 9.17) is 33.8 Å². The second-order valence-electron chi connectivity index (χ2n) is 2.50. The molecule has 0 unspecified atom stereocenters. The third kappa shape index (κ3) is 5.57. The number of aliphatic carboxylic acids is 1. The molecule has 1 aromatic carbocycles. The molecular weight excluding hydrogens is 216 g/mol. The second-order valence-corrected chi connectivity index (χ2v) is 2.91. The Kier molecular flexibility index (Phi) is 5.95. The normalized spacial score (nSPS) is 8.13. The van der Waals surface area contributed by atoms with E-state index in [0.29, 0.717) is 10.7 Å². The van der Waals surface area contributed by atoms with Crippen molar-refractivity contribution in [2.24, 2.45) is 5.84 Å². The Morgan fingerprint density at radius 2 is 2.20 bits per heavy atom. The predicted octanol–water partition coefficient (Wildman–Crippen LogP) is 1.70. The minimum Gasteiger partial charge on any atom is -0.481 e. The van der Waals surface area contributed by atoms with E-state index in [0.717, 1.165) is 12.5 Å². The molecule has 1 aromatic rings. The molecule has 80 valence electrons. The molecule has 0 aliphatic heterocycles. The number of carbonyl (C=O) groups is 1. The van der Waals surface area contributed by atoms with Crippen LogP contribution in [-0.2, 0) is 4.79 Å². The lowest BCUT2D eigenvalue weighted by atomic mass is 10.2. The van der Waals surface area contributed by atoms with Crippen molar-refractivity contribution in [3.8, 4) is 12.3 Å². The van der Waals surface area contributed by atoms with Crippen LogP contribution in [0.1, 0.15) is 12.5 Å². The van der Waals surface area contributed by atoms with Gasteiger partial charge in [0.2, 0.25) is 0 Å². The highest BCUT2D eigenvalue weighted by Crippen LogP contribution is 2.21. The van der Waals surface area contributed by atoms with Gasteiger partial charge in [-0.3, -0.25) is 10.6 Å². The van der Waals surface area contributed by atoms with E-state index in [1.165, 1.54) is 0 Å². The number of benzene rings is 1. The summed E-state index contributed by atoms with van der Waals surface area (Å²) in [5.74, 6) is 6.81. The third-order valence-corrected chi connectivity index (χ3v) is 1.62. The Bertz CT molecular complexity index is 381. The zero-order valence-corrected chi connectivity index (χ0v) is 8.88. The molecule has 0 spiro atoms. The maximum atomic E-state index is 9.00. The fourth-order valence-electron chi connectivity index (χ4n) is 0.726. The standard InChI is InChI=1S/C8H7ClN2.C2H4O2/c1-2-6-3-4-7(9)8(5-6)11-10;1-2(3)4/h1,3-5,11H,10H2;1H3,(H,3,4). The maximum absolute atomic E-state index is 9.00. The summed E-state index contributed by atoms with van der Waals surface area (Å²) in [7, 11) is 0. The molecule has 0 radical (unpaired) electrons. The minimum atomic E-state index is -0.833. The Balaban J connectivity index is 0.000000423. The number of carboxylic acid groups (broad SMARTS) is 1. The number of carboxylic acids is 1. The average Bonchev–Trinajstić information content (AvgIpc) is 2.18. The lowest BCUT2D eigenvalue weighted by Gasteiger charge is -2.02. The quantitative estimate of drug-likeness (QED) is 0.387. The number of hydrogen-bond acceptors (Lipinski definition) is 3. The SMILES string of the molecule is C#Cc1ccc(Cl)c(NN)c1.CC(=O)O. The molecule has 15 heavy (non-hydrogen) atoms. The van der Waals surface area contributed by atoms with E-state index >= 15 is 0 Å².